The number of ketones is 1. The van der Waals surface area contributed by atoms with Crippen LogP contribution in [-0.4, -0.2) is 12.9 Å². The molecule has 0 saturated carbocycles. The molecule has 0 aliphatic carbocycles. The van der Waals surface area contributed by atoms with Crippen LogP contribution >= 0.6 is 11.6 Å². The van der Waals surface area contributed by atoms with E-state index in [0.717, 1.165) is 0 Å². The normalized spacial score (nSPS) is 13.2. The molecule has 0 N–H and O–H groups in total. The van der Waals surface area contributed by atoms with Crippen LogP contribution in [0.15, 0.2) is 18.2 Å². The molecule has 0 amide bonds. The van der Waals surface area contributed by atoms with E-state index in [1.54, 1.807) is 25.3 Å². The lowest BCUT2D eigenvalue weighted by atomic mass is 9.78. The van der Waals surface area contributed by atoms with Crippen molar-refractivity contribution < 1.29 is 9.53 Å². The zero-order chi connectivity index (χ0) is 13.9. The van der Waals surface area contributed by atoms with E-state index in [-0.39, 0.29) is 11.2 Å². The van der Waals surface area contributed by atoms with E-state index in [0.29, 0.717) is 28.7 Å². The van der Waals surface area contributed by atoms with Crippen molar-refractivity contribution in [1.82, 2.24) is 0 Å². The molecular weight excluding hydrogens is 248 g/mol. The quantitative estimate of drug-likeness (QED) is 0.746. The minimum Gasteiger partial charge on any atom is -0.497 e. The molecule has 0 aliphatic rings. The average Bonchev–Trinajstić information content (AvgIpc) is 2.27. The highest BCUT2D eigenvalue weighted by molar-refractivity contribution is 6.34. The first-order valence-electron chi connectivity index (χ1n) is 6.12. The number of methoxy groups -OCH3 is 1. The van der Waals surface area contributed by atoms with E-state index in [2.05, 4.69) is 27.7 Å². The maximum absolute atomic E-state index is 12.2. The fourth-order valence-electron chi connectivity index (χ4n) is 1.54. The molecule has 0 saturated heterocycles. The van der Waals surface area contributed by atoms with Crippen molar-refractivity contribution in [3.8, 4) is 5.75 Å². The fraction of sp³-hybridized carbons (Fsp3) is 0.533. The standard InChI is InChI=1S/C15H21ClO2/c1-10(15(2,3)4)8-14(17)12-7-6-11(18-5)9-13(12)16/h6-7,9-10H,8H2,1-5H3. The molecule has 1 atom stereocenters. The summed E-state index contributed by atoms with van der Waals surface area (Å²) in [5.41, 5.74) is 0.697. The number of carbonyl (C=O) groups is 1. The molecule has 3 heteroatoms. The summed E-state index contributed by atoms with van der Waals surface area (Å²) >= 11 is 6.10. The van der Waals surface area contributed by atoms with Gasteiger partial charge in [-0.05, 0) is 29.5 Å². The molecule has 0 fully saturated rings. The molecule has 100 valence electrons. The molecule has 0 aliphatic heterocycles. The minimum atomic E-state index is 0.0880. The Morgan fingerprint density at radius 1 is 1.39 bits per heavy atom. The second kappa shape index (κ2) is 5.75. The number of ether oxygens (including phenoxy) is 1. The zero-order valence-corrected chi connectivity index (χ0v) is 12.5. The van der Waals surface area contributed by atoms with Crippen LogP contribution in [0.1, 0.15) is 44.5 Å². The number of carbonyl (C=O) groups excluding carboxylic acids is 1. The summed E-state index contributed by atoms with van der Waals surface area (Å²) in [4.78, 5) is 12.2. The Kier molecular flexibility index (Phi) is 4.80. The van der Waals surface area contributed by atoms with Gasteiger partial charge in [0.25, 0.3) is 0 Å². The first-order valence-corrected chi connectivity index (χ1v) is 6.50. The Morgan fingerprint density at radius 2 is 2.00 bits per heavy atom. The van der Waals surface area contributed by atoms with E-state index >= 15 is 0 Å². The third kappa shape index (κ3) is 3.74. The van der Waals surface area contributed by atoms with Gasteiger partial charge in [0.05, 0.1) is 12.1 Å². The van der Waals surface area contributed by atoms with Gasteiger partial charge in [-0.25, -0.2) is 0 Å². The lowest BCUT2D eigenvalue weighted by Crippen LogP contribution is -2.20. The highest BCUT2D eigenvalue weighted by Gasteiger charge is 2.24. The van der Waals surface area contributed by atoms with Gasteiger partial charge in [0.2, 0.25) is 0 Å². The summed E-state index contributed by atoms with van der Waals surface area (Å²) in [6.07, 6.45) is 0.509. The fourth-order valence-corrected chi connectivity index (χ4v) is 1.82. The van der Waals surface area contributed by atoms with Crippen LogP contribution in [0.2, 0.25) is 5.02 Å². The Hall–Kier alpha value is -1.02. The largest absolute Gasteiger partial charge is 0.497 e. The molecule has 0 bridgehead atoms. The maximum Gasteiger partial charge on any atom is 0.164 e. The topological polar surface area (TPSA) is 26.3 Å². The van der Waals surface area contributed by atoms with Crippen molar-refractivity contribution >= 4 is 17.4 Å². The molecule has 18 heavy (non-hydrogen) atoms. The highest BCUT2D eigenvalue weighted by atomic mass is 35.5. The van der Waals surface area contributed by atoms with Gasteiger partial charge < -0.3 is 4.74 Å². The molecule has 1 aromatic rings. The van der Waals surface area contributed by atoms with Gasteiger partial charge in [0, 0.05) is 12.0 Å². The molecule has 0 heterocycles. The van der Waals surface area contributed by atoms with Gasteiger partial charge in [-0.1, -0.05) is 39.3 Å². The average molecular weight is 269 g/mol. The molecule has 0 aromatic heterocycles. The molecule has 0 spiro atoms. The Balaban J connectivity index is 2.85. The molecule has 0 radical (unpaired) electrons. The Bertz CT molecular complexity index is 433. The summed E-state index contributed by atoms with van der Waals surface area (Å²) in [5, 5.41) is 0.459. The van der Waals surface area contributed by atoms with Crippen LogP contribution in [0.25, 0.3) is 0 Å². The van der Waals surface area contributed by atoms with Crippen molar-refractivity contribution in [2.75, 3.05) is 7.11 Å². The smallest absolute Gasteiger partial charge is 0.164 e. The van der Waals surface area contributed by atoms with Crippen molar-refractivity contribution in [3.63, 3.8) is 0 Å². The second-order valence-corrected chi connectivity index (χ2v) is 6.15. The minimum absolute atomic E-state index is 0.0880. The summed E-state index contributed by atoms with van der Waals surface area (Å²) in [6.45, 7) is 8.51. The van der Waals surface area contributed by atoms with Crippen LogP contribution < -0.4 is 4.74 Å². The SMILES string of the molecule is COc1ccc(C(=O)CC(C)C(C)(C)C)c(Cl)c1. The van der Waals surface area contributed by atoms with Gasteiger partial charge in [0.1, 0.15) is 5.75 Å². The summed E-state index contributed by atoms with van der Waals surface area (Å²) in [5.74, 6) is 1.06. The third-order valence-electron chi connectivity index (χ3n) is 3.45. The molecular formula is C15H21ClO2. The van der Waals surface area contributed by atoms with Crippen LogP contribution in [0.3, 0.4) is 0 Å². The van der Waals surface area contributed by atoms with Gasteiger partial charge in [-0.3, -0.25) is 4.79 Å². The van der Waals surface area contributed by atoms with Gasteiger partial charge in [0.15, 0.2) is 5.78 Å². The number of Topliss-reactive ketones (excluding diaryl/α,β-unsaturated/α-hetero) is 1. The first-order chi connectivity index (χ1) is 8.25. The second-order valence-electron chi connectivity index (χ2n) is 5.74. The number of hydrogen-bond acceptors (Lipinski definition) is 2. The number of hydrogen-bond donors (Lipinski definition) is 0. The van der Waals surface area contributed by atoms with Crippen molar-refractivity contribution in [1.29, 1.82) is 0 Å². The third-order valence-corrected chi connectivity index (χ3v) is 3.76. The monoisotopic (exact) mass is 268 g/mol. The highest BCUT2D eigenvalue weighted by Crippen LogP contribution is 2.31. The van der Waals surface area contributed by atoms with Crippen molar-refractivity contribution in [3.05, 3.63) is 28.8 Å². The van der Waals surface area contributed by atoms with Gasteiger partial charge in [-0.15, -0.1) is 0 Å². The summed E-state index contributed by atoms with van der Waals surface area (Å²) < 4.78 is 5.07. The predicted octanol–water partition coefficient (Wildman–Crippen LogP) is 4.60. The number of benzene rings is 1. The number of halogens is 1. The molecule has 1 unspecified atom stereocenters. The van der Waals surface area contributed by atoms with E-state index < -0.39 is 0 Å². The van der Waals surface area contributed by atoms with Crippen LogP contribution in [0, 0.1) is 11.3 Å². The van der Waals surface area contributed by atoms with Crippen LogP contribution in [-0.2, 0) is 0 Å². The maximum atomic E-state index is 12.2. The zero-order valence-electron chi connectivity index (χ0n) is 11.7. The molecule has 1 rings (SSSR count). The Morgan fingerprint density at radius 3 is 2.44 bits per heavy atom. The first kappa shape index (κ1) is 15.0. The van der Waals surface area contributed by atoms with E-state index in [1.807, 2.05) is 0 Å². The van der Waals surface area contributed by atoms with Crippen LogP contribution in [0.5, 0.6) is 5.75 Å². The van der Waals surface area contributed by atoms with Crippen molar-refractivity contribution in [2.45, 2.75) is 34.1 Å². The summed E-state index contributed by atoms with van der Waals surface area (Å²) in [7, 11) is 1.58. The Labute approximate surface area is 114 Å². The van der Waals surface area contributed by atoms with E-state index in [4.69, 9.17) is 16.3 Å². The summed E-state index contributed by atoms with van der Waals surface area (Å²) in [6, 6.07) is 5.18. The van der Waals surface area contributed by atoms with Crippen molar-refractivity contribution in [2.24, 2.45) is 11.3 Å². The van der Waals surface area contributed by atoms with E-state index in [1.165, 1.54) is 0 Å². The lowest BCUT2D eigenvalue weighted by molar-refractivity contribution is 0.0927. The van der Waals surface area contributed by atoms with Gasteiger partial charge >= 0.3 is 0 Å². The number of rotatable bonds is 4. The van der Waals surface area contributed by atoms with E-state index in [9.17, 15) is 4.79 Å². The molecule has 2 nitrogen and oxygen atoms in total. The van der Waals surface area contributed by atoms with Crippen LogP contribution in [0.4, 0.5) is 0 Å². The predicted molar refractivity (Wildman–Crippen MR) is 75.6 cm³/mol. The lowest BCUT2D eigenvalue weighted by Gasteiger charge is -2.26. The van der Waals surface area contributed by atoms with Gasteiger partial charge in [-0.2, -0.15) is 0 Å². The molecule has 1 aromatic carbocycles.